The van der Waals surface area contributed by atoms with Gasteiger partial charge in [0.25, 0.3) is 0 Å². The van der Waals surface area contributed by atoms with Gasteiger partial charge in [-0.2, -0.15) is 0 Å². The summed E-state index contributed by atoms with van der Waals surface area (Å²) in [5.74, 6) is 0.668. The zero-order valence-electron chi connectivity index (χ0n) is 8.22. The number of allylic oxidation sites excluding steroid dienone is 4. The topological polar surface area (TPSA) is 0 Å². The van der Waals surface area contributed by atoms with Crippen molar-refractivity contribution in [3.05, 3.63) is 23.8 Å². The van der Waals surface area contributed by atoms with Crippen LogP contribution >= 0.6 is 0 Å². The fourth-order valence-electron chi connectivity index (χ4n) is 1.02. The van der Waals surface area contributed by atoms with E-state index in [2.05, 4.69) is 45.9 Å². The van der Waals surface area contributed by atoms with Crippen LogP contribution in [0.4, 0.5) is 0 Å². The smallest absolute Gasteiger partial charge is 0.0285 e. The van der Waals surface area contributed by atoms with E-state index in [9.17, 15) is 0 Å². The molecular formula is C11H20. The highest BCUT2D eigenvalue weighted by molar-refractivity contribution is 5.16. The molecule has 0 saturated heterocycles. The highest BCUT2D eigenvalue weighted by atomic mass is 13.9. The third-order valence-electron chi connectivity index (χ3n) is 1.43. The van der Waals surface area contributed by atoms with Gasteiger partial charge < -0.3 is 0 Å². The van der Waals surface area contributed by atoms with Crippen LogP contribution in [-0.2, 0) is 0 Å². The molecule has 0 bridgehead atoms. The van der Waals surface area contributed by atoms with Crippen molar-refractivity contribution in [2.75, 3.05) is 0 Å². The average molecular weight is 152 g/mol. The Hall–Kier alpha value is -0.520. The summed E-state index contributed by atoms with van der Waals surface area (Å²) in [4.78, 5) is 0. The lowest BCUT2D eigenvalue weighted by Crippen LogP contribution is -1.79. The Morgan fingerprint density at radius 2 is 2.00 bits per heavy atom. The second-order valence-corrected chi connectivity index (χ2v) is 3.35. The van der Waals surface area contributed by atoms with E-state index in [0.29, 0.717) is 5.92 Å². The van der Waals surface area contributed by atoms with Crippen LogP contribution in [0.3, 0.4) is 0 Å². The normalized spacial score (nSPS) is 13.4. The molecule has 0 unspecified atom stereocenters. The molecule has 0 spiro atoms. The van der Waals surface area contributed by atoms with Gasteiger partial charge in [0.1, 0.15) is 0 Å². The fourth-order valence-corrected chi connectivity index (χ4v) is 1.02. The summed E-state index contributed by atoms with van der Waals surface area (Å²) >= 11 is 0. The van der Waals surface area contributed by atoms with Crippen LogP contribution in [0.1, 0.15) is 40.5 Å². The van der Waals surface area contributed by atoms with Crippen molar-refractivity contribution in [3.63, 3.8) is 0 Å². The molecule has 0 aliphatic carbocycles. The van der Waals surface area contributed by atoms with Gasteiger partial charge in [-0.1, -0.05) is 51.0 Å². The molecule has 0 atom stereocenters. The van der Waals surface area contributed by atoms with Crippen molar-refractivity contribution >= 4 is 0 Å². The van der Waals surface area contributed by atoms with E-state index in [1.54, 1.807) is 0 Å². The molecule has 0 aliphatic heterocycles. The van der Waals surface area contributed by atoms with E-state index in [0.717, 1.165) is 0 Å². The SMILES string of the molecule is CCC/C=C\C(C)=C/C(C)C. The molecule has 0 fully saturated rings. The van der Waals surface area contributed by atoms with Crippen LogP contribution in [0.25, 0.3) is 0 Å². The zero-order chi connectivity index (χ0) is 8.69. The lowest BCUT2D eigenvalue weighted by atomic mass is 10.1. The molecule has 0 N–H and O–H groups in total. The summed E-state index contributed by atoms with van der Waals surface area (Å²) in [5.41, 5.74) is 1.38. The van der Waals surface area contributed by atoms with Crippen LogP contribution in [0.15, 0.2) is 23.8 Å². The minimum absolute atomic E-state index is 0.668. The van der Waals surface area contributed by atoms with Gasteiger partial charge in [0.2, 0.25) is 0 Å². The number of hydrogen-bond acceptors (Lipinski definition) is 0. The molecule has 0 amide bonds. The van der Waals surface area contributed by atoms with Gasteiger partial charge >= 0.3 is 0 Å². The van der Waals surface area contributed by atoms with Crippen molar-refractivity contribution in [1.82, 2.24) is 0 Å². The predicted molar refractivity (Wildman–Crippen MR) is 52.6 cm³/mol. The van der Waals surface area contributed by atoms with Gasteiger partial charge in [-0.25, -0.2) is 0 Å². The standard InChI is InChI=1S/C11H20/c1-5-6-7-8-11(4)9-10(2)3/h7-10H,5-6H2,1-4H3/b8-7-,11-9-. The lowest BCUT2D eigenvalue weighted by Gasteiger charge is -1.96. The highest BCUT2D eigenvalue weighted by Gasteiger charge is 1.86. The van der Waals surface area contributed by atoms with Gasteiger partial charge in [-0.15, -0.1) is 0 Å². The van der Waals surface area contributed by atoms with Crippen molar-refractivity contribution in [1.29, 1.82) is 0 Å². The molecule has 64 valence electrons. The number of unbranched alkanes of at least 4 members (excludes halogenated alkanes) is 1. The number of hydrogen-bond donors (Lipinski definition) is 0. The summed E-state index contributed by atoms with van der Waals surface area (Å²) in [6, 6.07) is 0. The summed E-state index contributed by atoms with van der Waals surface area (Å²) in [5, 5.41) is 0. The second kappa shape index (κ2) is 6.21. The predicted octanol–water partition coefficient (Wildman–Crippen LogP) is 3.95. The Morgan fingerprint density at radius 1 is 1.36 bits per heavy atom. The molecular weight excluding hydrogens is 132 g/mol. The molecule has 0 saturated carbocycles. The second-order valence-electron chi connectivity index (χ2n) is 3.35. The minimum Gasteiger partial charge on any atom is -0.0843 e. The van der Waals surface area contributed by atoms with Crippen molar-refractivity contribution in [3.8, 4) is 0 Å². The molecule has 0 aliphatic rings. The quantitative estimate of drug-likeness (QED) is 0.535. The van der Waals surface area contributed by atoms with Gasteiger partial charge in [0.15, 0.2) is 0 Å². The Balaban J connectivity index is 3.75. The molecule has 0 heteroatoms. The molecule has 0 aromatic heterocycles. The monoisotopic (exact) mass is 152 g/mol. The maximum atomic E-state index is 2.28. The molecule has 0 aromatic carbocycles. The van der Waals surface area contributed by atoms with Crippen molar-refractivity contribution < 1.29 is 0 Å². The van der Waals surface area contributed by atoms with Crippen molar-refractivity contribution in [2.45, 2.75) is 40.5 Å². The van der Waals surface area contributed by atoms with E-state index in [1.807, 2.05) is 0 Å². The Morgan fingerprint density at radius 3 is 2.45 bits per heavy atom. The first-order chi connectivity index (χ1) is 5.16. The minimum atomic E-state index is 0.668. The van der Waals surface area contributed by atoms with E-state index in [-0.39, 0.29) is 0 Å². The summed E-state index contributed by atoms with van der Waals surface area (Å²) in [7, 11) is 0. The van der Waals surface area contributed by atoms with Crippen LogP contribution in [0.5, 0.6) is 0 Å². The van der Waals surface area contributed by atoms with E-state index in [4.69, 9.17) is 0 Å². The first-order valence-electron chi connectivity index (χ1n) is 4.51. The third kappa shape index (κ3) is 7.38. The molecule has 0 nitrogen and oxygen atoms in total. The van der Waals surface area contributed by atoms with Gasteiger partial charge in [0.05, 0.1) is 0 Å². The van der Waals surface area contributed by atoms with Crippen LogP contribution in [0.2, 0.25) is 0 Å². The van der Waals surface area contributed by atoms with Gasteiger partial charge in [-0.3, -0.25) is 0 Å². The molecule has 0 radical (unpaired) electrons. The Bertz CT molecular complexity index is 138. The van der Waals surface area contributed by atoms with E-state index in [1.165, 1.54) is 18.4 Å². The molecule has 0 heterocycles. The summed E-state index contributed by atoms with van der Waals surface area (Å²) < 4.78 is 0. The van der Waals surface area contributed by atoms with E-state index >= 15 is 0 Å². The zero-order valence-corrected chi connectivity index (χ0v) is 8.22. The lowest BCUT2D eigenvalue weighted by molar-refractivity contribution is 0.825. The molecule has 0 aromatic rings. The molecule has 11 heavy (non-hydrogen) atoms. The molecule has 0 rings (SSSR count). The maximum Gasteiger partial charge on any atom is -0.0285 e. The summed E-state index contributed by atoms with van der Waals surface area (Å²) in [6.07, 6.45) is 9.18. The fraction of sp³-hybridized carbons (Fsp3) is 0.636. The Kier molecular flexibility index (Phi) is 5.91. The van der Waals surface area contributed by atoms with Gasteiger partial charge in [-0.05, 0) is 19.3 Å². The van der Waals surface area contributed by atoms with Crippen LogP contribution < -0.4 is 0 Å². The maximum absolute atomic E-state index is 2.28. The summed E-state index contributed by atoms with van der Waals surface area (Å²) in [6.45, 7) is 8.77. The number of rotatable bonds is 4. The van der Waals surface area contributed by atoms with Crippen molar-refractivity contribution in [2.24, 2.45) is 5.92 Å². The van der Waals surface area contributed by atoms with E-state index < -0.39 is 0 Å². The third-order valence-corrected chi connectivity index (χ3v) is 1.43. The Labute approximate surface area is 71.0 Å². The van der Waals surface area contributed by atoms with Crippen LogP contribution in [-0.4, -0.2) is 0 Å². The average Bonchev–Trinajstić information content (AvgIpc) is 1.86. The van der Waals surface area contributed by atoms with Gasteiger partial charge in [0, 0.05) is 0 Å². The largest absolute Gasteiger partial charge is 0.0843 e. The van der Waals surface area contributed by atoms with Crippen LogP contribution in [0, 0.1) is 5.92 Å². The highest BCUT2D eigenvalue weighted by Crippen LogP contribution is 2.03. The first-order valence-corrected chi connectivity index (χ1v) is 4.51. The first kappa shape index (κ1) is 10.5.